The molecule has 4 nitrogen and oxygen atoms in total. The minimum Gasteiger partial charge on any atom is -0.491 e. The highest BCUT2D eigenvalue weighted by Crippen LogP contribution is 2.28. The van der Waals surface area contributed by atoms with Gasteiger partial charge < -0.3 is 10.5 Å². The van der Waals surface area contributed by atoms with Gasteiger partial charge in [0.05, 0.1) is 17.5 Å². The Kier molecular flexibility index (Phi) is 3.46. The third kappa shape index (κ3) is 2.42. The van der Waals surface area contributed by atoms with E-state index < -0.39 is 0 Å². The Morgan fingerprint density at radius 3 is 2.70 bits per heavy atom. The smallest absolute Gasteiger partial charge is 0.194 e. The van der Waals surface area contributed by atoms with Crippen molar-refractivity contribution in [1.29, 1.82) is 0 Å². The van der Waals surface area contributed by atoms with E-state index in [2.05, 4.69) is 26.9 Å². The summed E-state index contributed by atoms with van der Waals surface area (Å²) in [4.78, 5) is 5.44. The van der Waals surface area contributed by atoms with Gasteiger partial charge in [-0.1, -0.05) is 0 Å². The minimum absolute atomic E-state index is 0.189. The standard InChI is InChI=1S/C15H17N3OS/c1-10(2)19-13-5-3-11(4-6-13)14-9-20-15-17-12(7-16)8-18(14)15/h3-6,8-10H,7,16H2,1-2H3. The van der Waals surface area contributed by atoms with Gasteiger partial charge in [-0.15, -0.1) is 11.3 Å². The van der Waals surface area contributed by atoms with Crippen molar-refractivity contribution in [1.82, 2.24) is 9.38 Å². The van der Waals surface area contributed by atoms with E-state index in [1.807, 2.05) is 32.2 Å². The van der Waals surface area contributed by atoms with Crippen molar-refractivity contribution in [3.8, 4) is 17.0 Å². The first-order valence-corrected chi connectivity index (χ1v) is 7.48. The number of rotatable bonds is 4. The topological polar surface area (TPSA) is 52.5 Å². The first-order chi connectivity index (χ1) is 9.67. The van der Waals surface area contributed by atoms with Gasteiger partial charge in [-0.3, -0.25) is 4.40 Å². The summed E-state index contributed by atoms with van der Waals surface area (Å²) in [6.45, 7) is 4.52. The summed E-state index contributed by atoms with van der Waals surface area (Å²) >= 11 is 1.62. The summed E-state index contributed by atoms with van der Waals surface area (Å²) in [5.74, 6) is 0.892. The summed E-state index contributed by atoms with van der Waals surface area (Å²) in [6.07, 6.45) is 2.19. The summed E-state index contributed by atoms with van der Waals surface area (Å²) in [5, 5.41) is 2.11. The molecule has 3 rings (SSSR count). The van der Waals surface area contributed by atoms with Gasteiger partial charge in [0.25, 0.3) is 0 Å². The monoisotopic (exact) mass is 287 g/mol. The number of thiazole rings is 1. The molecule has 0 amide bonds. The third-order valence-corrected chi connectivity index (χ3v) is 3.83. The van der Waals surface area contributed by atoms with Crippen molar-refractivity contribution in [3.05, 3.63) is 41.5 Å². The van der Waals surface area contributed by atoms with E-state index in [4.69, 9.17) is 10.5 Å². The van der Waals surface area contributed by atoms with E-state index in [-0.39, 0.29) is 6.10 Å². The molecular formula is C15H17N3OS. The van der Waals surface area contributed by atoms with Gasteiger partial charge in [-0.05, 0) is 43.7 Å². The number of nitrogens with two attached hydrogens (primary N) is 1. The van der Waals surface area contributed by atoms with Gasteiger partial charge in [0, 0.05) is 18.1 Å². The summed E-state index contributed by atoms with van der Waals surface area (Å²) in [6, 6.07) is 8.14. The van der Waals surface area contributed by atoms with Crippen molar-refractivity contribution in [2.24, 2.45) is 5.73 Å². The van der Waals surface area contributed by atoms with Crippen molar-refractivity contribution in [2.75, 3.05) is 0 Å². The van der Waals surface area contributed by atoms with Gasteiger partial charge in [-0.2, -0.15) is 0 Å². The zero-order valence-corrected chi connectivity index (χ0v) is 12.4. The van der Waals surface area contributed by atoms with Crippen LogP contribution in [0.5, 0.6) is 5.75 Å². The molecule has 0 fully saturated rings. The molecule has 1 aromatic carbocycles. The molecule has 2 heterocycles. The number of aromatic nitrogens is 2. The van der Waals surface area contributed by atoms with Gasteiger partial charge in [0.15, 0.2) is 4.96 Å². The highest BCUT2D eigenvalue weighted by Gasteiger charge is 2.09. The Labute approximate surface area is 121 Å². The Morgan fingerprint density at radius 1 is 1.30 bits per heavy atom. The van der Waals surface area contributed by atoms with Crippen molar-refractivity contribution in [2.45, 2.75) is 26.5 Å². The first kappa shape index (κ1) is 13.1. The molecule has 0 bridgehead atoms. The fraction of sp³-hybridized carbons (Fsp3) is 0.267. The number of benzene rings is 1. The molecule has 0 saturated carbocycles. The van der Waals surface area contributed by atoms with E-state index in [0.717, 1.165) is 27.7 Å². The second kappa shape index (κ2) is 5.26. The zero-order valence-electron chi connectivity index (χ0n) is 11.5. The molecule has 2 aromatic heterocycles. The van der Waals surface area contributed by atoms with E-state index in [0.29, 0.717) is 6.54 Å². The highest BCUT2D eigenvalue weighted by molar-refractivity contribution is 7.15. The molecule has 0 aliphatic rings. The van der Waals surface area contributed by atoms with Crippen LogP contribution in [-0.4, -0.2) is 15.5 Å². The molecule has 2 N–H and O–H groups in total. The van der Waals surface area contributed by atoms with Crippen LogP contribution in [0, 0.1) is 0 Å². The summed E-state index contributed by atoms with van der Waals surface area (Å²) < 4.78 is 7.75. The molecule has 0 aliphatic carbocycles. The molecule has 20 heavy (non-hydrogen) atoms. The van der Waals surface area contributed by atoms with E-state index in [9.17, 15) is 0 Å². The maximum absolute atomic E-state index is 5.66. The van der Waals surface area contributed by atoms with Crippen LogP contribution >= 0.6 is 11.3 Å². The fourth-order valence-electron chi connectivity index (χ4n) is 2.11. The van der Waals surface area contributed by atoms with Gasteiger partial charge in [0.2, 0.25) is 0 Å². The molecule has 0 spiro atoms. The zero-order chi connectivity index (χ0) is 14.1. The van der Waals surface area contributed by atoms with Crippen molar-refractivity contribution in [3.63, 3.8) is 0 Å². The van der Waals surface area contributed by atoms with Crippen LogP contribution in [0.25, 0.3) is 16.2 Å². The molecule has 5 heteroatoms. The quantitative estimate of drug-likeness (QED) is 0.801. The SMILES string of the molecule is CC(C)Oc1ccc(-c2csc3nc(CN)cn23)cc1. The fourth-order valence-corrected chi connectivity index (χ4v) is 3.01. The van der Waals surface area contributed by atoms with Crippen LogP contribution in [0.2, 0.25) is 0 Å². The van der Waals surface area contributed by atoms with Gasteiger partial charge in [0.1, 0.15) is 5.75 Å². The van der Waals surface area contributed by atoms with Crippen molar-refractivity contribution >= 4 is 16.3 Å². The molecule has 0 aliphatic heterocycles. The van der Waals surface area contributed by atoms with Crippen LogP contribution in [0.15, 0.2) is 35.8 Å². The Hall–Kier alpha value is -1.85. The maximum atomic E-state index is 5.66. The lowest BCUT2D eigenvalue weighted by Gasteiger charge is -2.09. The number of ether oxygens (including phenoxy) is 1. The van der Waals surface area contributed by atoms with E-state index in [1.165, 1.54) is 0 Å². The number of nitrogens with zero attached hydrogens (tertiary/aromatic N) is 2. The van der Waals surface area contributed by atoms with Crippen LogP contribution in [0.1, 0.15) is 19.5 Å². The maximum Gasteiger partial charge on any atom is 0.194 e. The molecule has 0 atom stereocenters. The lowest BCUT2D eigenvalue weighted by molar-refractivity contribution is 0.242. The summed E-state index contributed by atoms with van der Waals surface area (Å²) in [7, 11) is 0. The average molecular weight is 287 g/mol. The third-order valence-electron chi connectivity index (χ3n) is 2.99. The van der Waals surface area contributed by atoms with Crippen LogP contribution in [0.4, 0.5) is 0 Å². The van der Waals surface area contributed by atoms with Gasteiger partial charge >= 0.3 is 0 Å². The predicted octanol–water partition coefficient (Wildman–Crippen LogP) is 3.31. The Bertz CT molecular complexity index is 712. The van der Waals surface area contributed by atoms with Crippen LogP contribution in [-0.2, 0) is 6.54 Å². The molecule has 0 unspecified atom stereocenters. The van der Waals surface area contributed by atoms with Gasteiger partial charge in [-0.25, -0.2) is 4.98 Å². The van der Waals surface area contributed by atoms with Crippen LogP contribution in [0.3, 0.4) is 0 Å². The molecule has 0 saturated heterocycles. The predicted molar refractivity (Wildman–Crippen MR) is 82.2 cm³/mol. The molecule has 104 valence electrons. The second-order valence-corrected chi connectivity index (χ2v) is 5.74. The molecule has 0 radical (unpaired) electrons. The van der Waals surface area contributed by atoms with Crippen molar-refractivity contribution < 1.29 is 4.74 Å². The highest BCUT2D eigenvalue weighted by atomic mass is 32.1. The number of hydrogen-bond acceptors (Lipinski definition) is 4. The van der Waals surface area contributed by atoms with E-state index >= 15 is 0 Å². The lowest BCUT2D eigenvalue weighted by Crippen LogP contribution is -2.05. The number of fused-ring (bicyclic) bond motifs is 1. The molecular weight excluding hydrogens is 270 g/mol. The summed E-state index contributed by atoms with van der Waals surface area (Å²) in [5.41, 5.74) is 8.83. The van der Waals surface area contributed by atoms with E-state index in [1.54, 1.807) is 11.3 Å². The minimum atomic E-state index is 0.189. The molecule has 3 aromatic rings. The van der Waals surface area contributed by atoms with Crippen LogP contribution < -0.4 is 10.5 Å². The second-order valence-electron chi connectivity index (χ2n) is 4.90. The Morgan fingerprint density at radius 2 is 2.05 bits per heavy atom. The number of hydrogen-bond donors (Lipinski definition) is 1. The average Bonchev–Trinajstić information content (AvgIpc) is 2.98. The lowest BCUT2D eigenvalue weighted by atomic mass is 10.1. The first-order valence-electron chi connectivity index (χ1n) is 6.60. The normalized spacial score (nSPS) is 11.4. The largest absolute Gasteiger partial charge is 0.491 e. The number of imidazole rings is 1. The Balaban J connectivity index is 1.95.